The molecule has 0 radical (unpaired) electrons. The minimum atomic E-state index is 0. The van der Waals surface area contributed by atoms with Crippen molar-refractivity contribution in [3.8, 4) is 0 Å². The third-order valence-corrected chi connectivity index (χ3v) is 1.43. The maximum absolute atomic E-state index is 2.12. The van der Waals surface area contributed by atoms with Crippen LogP contribution in [-0.2, 0) is 0 Å². The van der Waals surface area contributed by atoms with E-state index in [9.17, 15) is 0 Å². The number of halogens is 2. The van der Waals surface area contributed by atoms with Crippen LogP contribution in [0.4, 0.5) is 0 Å². The van der Waals surface area contributed by atoms with E-state index in [0.29, 0.717) is 0 Å². The molecule has 0 nitrogen and oxygen atoms in total. The molecule has 0 spiro atoms. The van der Waals surface area contributed by atoms with Crippen LogP contribution < -0.4 is 24.8 Å². The molecule has 0 saturated heterocycles. The summed E-state index contributed by atoms with van der Waals surface area (Å²) in [5.41, 5.74) is 2.74. The molecule has 1 aromatic rings. The van der Waals surface area contributed by atoms with Crippen molar-refractivity contribution >= 4 is 37.7 Å². The van der Waals surface area contributed by atoms with Gasteiger partial charge in [-0.05, 0) is 25.0 Å². The Morgan fingerprint density at radius 1 is 0.818 bits per heavy atom. The topological polar surface area (TPSA) is 0 Å². The smallest absolute Gasteiger partial charge is 1.00 e. The van der Waals surface area contributed by atoms with E-state index in [1.807, 2.05) is 0 Å². The monoisotopic (exact) mass is 216 g/mol. The SMILES string of the molecule is Cc1ccccc1C.[Ca+2].[Cl-].[Cl-]. The Balaban J connectivity index is -0.000000213. The Hall–Kier alpha value is 1.06. The predicted molar refractivity (Wildman–Crippen MR) is 41.7 cm³/mol. The van der Waals surface area contributed by atoms with E-state index in [2.05, 4.69) is 38.1 Å². The predicted octanol–water partition coefficient (Wildman–Crippen LogP) is -4.07. The van der Waals surface area contributed by atoms with Crippen molar-refractivity contribution in [2.45, 2.75) is 13.8 Å². The van der Waals surface area contributed by atoms with Crippen LogP contribution in [0, 0.1) is 13.8 Å². The molecule has 58 valence electrons. The third-order valence-electron chi connectivity index (χ3n) is 1.43. The Labute approximate surface area is 111 Å². The minimum absolute atomic E-state index is 0. The summed E-state index contributed by atoms with van der Waals surface area (Å²) < 4.78 is 0. The molecule has 0 amide bonds. The van der Waals surface area contributed by atoms with Crippen LogP contribution in [0.1, 0.15) is 11.1 Å². The first-order valence-corrected chi connectivity index (χ1v) is 2.83. The van der Waals surface area contributed by atoms with Gasteiger partial charge in [0.2, 0.25) is 0 Å². The van der Waals surface area contributed by atoms with E-state index in [4.69, 9.17) is 0 Å². The van der Waals surface area contributed by atoms with Gasteiger partial charge in [-0.2, -0.15) is 0 Å². The maximum atomic E-state index is 2.12. The molecule has 0 N–H and O–H groups in total. The van der Waals surface area contributed by atoms with Gasteiger partial charge in [0.1, 0.15) is 0 Å². The molecule has 0 unspecified atom stereocenters. The molecule has 1 aromatic carbocycles. The maximum Gasteiger partial charge on any atom is 2.00 e. The van der Waals surface area contributed by atoms with Gasteiger partial charge in [0, 0.05) is 0 Å². The fourth-order valence-electron chi connectivity index (χ4n) is 0.663. The van der Waals surface area contributed by atoms with Gasteiger partial charge < -0.3 is 24.8 Å². The Morgan fingerprint density at radius 2 is 1.09 bits per heavy atom. The van der Waals surface area contributed by atoms with Crippen LogP contribution in [-0.4, -0.2) is 37.7 Å². The van der Waals surface area contributed by atoms with Crippen molar-refractivity contribution in [3.05, 3.63) is 35.4 Å². The average molecular weight is 217 g/mol. The van der Waals surface area contributed by atoms with Crippen molar-refractivity contribution < 1.29 is 24.8 Å². The minimum Gasteiger partial charge on any atom is -1.00 e. The number of aryl methyl sites for hydroxylation is 2. The number of benzene rings is 1. The molecule has 0 aliphatic rings. The summed E-state index contributed by atoms with van der Waals surface area (Å²) >= 11 is 0. The summed E-state index contributed by atoms with van der Waals surface area (Å²) in [7, 11) is 0. The fraction of sp³-hybridized carbons (Fsp3) is 0.250. The van der Waals surface area contributed by atoms with E-state index in [0.717, 1.165) is 0 Å². The van der Waals surface area contributed by atoms with Crippen molar-refractivity contribution in [1.82, 2.24) is 0 Å². The average Bonchev–Trinajstić information content (AvgIpc) is 1.77. The van der Waals surface area contributed by atoms with E-state index < -0.39 is 0 Å². The summed E-state index contributed by atoms with van der Waals surface area (Å²) in [6.07, 6.45) is 0. The molecule has 11 heavy (non-hydrogen) atoms. The molecule has 0 aliphatic carbocycles. The number of hydrogen-bond acceptors (Lipinski definition) is 0. The molecule has 0 atom stereocenters. The first-order chi connectivity index (χ1) is 3.80. The summed E-state index contributed by atoms with van der Waals surface area (Å²) in [5, 5.41) is 0. The van der Waals surface area contributed by atoms with Gasteiger partial charge in [-0.3, -0.25) is 0 Å². The van der Waals surface area contributed by atoms with Crippen molar-refractivity contribution in [2.24, 2.45) is 0 Å². The van der Waals surface area contributed by atoms with Gasteiger partial charge in [-0.15, -0.1) is 0 Å². The zero-order chi connectivity index (χ0) is 5.98. The van der Waals surface area contributed by atoms with E-state index in [-0.39, 0.29) is 62.6 Å². The zero-order valence-corrected chi connectivity index (χ0v) is 10.5. The second-order valence-corrected chi connectivity index (χ2v) is 2.08. The molecule has 3 heteroatoms. The first-order valence-electron chi connectivity index (χ1n) is 2.83. The summed E-state index contributed by atoms with van der Waals surface area (Å²) in [6.45, 7) is 4.24. The molecule has 0 aliphatic heterocycles. The van der Waals surface area contributed by atoms with Crippen LogP contribution in [0.5, 0.6) is 0 Å². The number of rotatable bonds is 0. The molecular weight excluding hydrogens is 207 g/mol. The van der Waals surface area contributed by atoms with Crippen LogP contribution in [0.3, 0.4) is 0 Å². The molecule has 0 heterocycles. The third kappa shape index (κ3) is 6.24. The van der Waals surface area contributed by atoms with Gasteiger partial charge >= 0.3 is 37.7 Å². The first kappa shape index (κ1) is 18.0. The Bertz CT molecular complexity index is 168. The molecule has 0 fully saturated rings. The van der Waals surface area contributed by atoms with Gasteiger partial charge in [-0.25, -0.2) is 0 Å². The Morgan fingerprint density at radius 3 is 1.27 bits per heavy atom. The Kier molecular flexibility index (Phi) is 14.9. The standard InChI is InChI=1S/C8H10.Ca.2ClH/c1-7-5-3-4-6-8(7)2;;;/h3-6H,1-2H3;;2*1H/q;+2;;/p-2. The second-order valence-electron chi connectivity index (χ2n) is 2.08. The van der Waals surface area contributed by atoms with Crippen molar-refractivity contribution in [1.29, 1.82) is 0 Å². The van der Waals surface area contributed by atoms with Crippen LogP contribution in [0.2, 0.25) is 0 Å². The van der Waals surface area contributed by atoms with E-state index in [1.54, 1.807) is 0 Å². The zero-order valence-electron chi connectivity index (χ0n) is 6.77. The molecule has 0 aromatic heterocycles. The molecule has 1 rings (SSSR count). The van der Waals surface area contributed by atoms with Crippen molar-refractivity contribution in [2.75, 3.05) is 0 Å². The number of hydrogen-bond donors (Lipinski definition) is 0. The van der Waals surface area contributed by atoms with Gasteiger partial charge in [0.15, 0.2) is 0 Å². The van der Waals surface area contributed by atoms with Gasteiger partial charge in [0.25, 0.3) is 0 Å². The quantitative estimate of drug-likeness (QED) is 0.388. The normalized spacial score (nSPS) is 6.73. The van der Waals surface area contributed by atoms with Gasteiger partial charge in [-0.1, -0.05) is 24.3 Å². The fourth-order valence-corrected chi connectivity index (χ4v) is 0.663. The second kappa shape index (κ2) is 9.15. The van der Waals surface area contributed by atoms with E-state index in [1.165, 1.54) is 11.1 Å². The van der Waals surface area contributed by atoms with E-state index >= 15 is 0 Å². The van der Waals surface area contributed by atoms with Crippen LogP contribution in [0.15, 0.2) is 24.3 Å². The van der Waals surface area contributed by atoms with Crippen LogP contribution >= 0.6 is 0 Å². The van der Waals surface area contributed by atoms with Crippen LogP contribution in [0.25, 0.3) is 0 Å². The van der Waals surface area contributed by atoms with Gasteiger partial charge in [0.05, 0.1) is 0 Å². The summed E-state index contributed by atoms with van der Waals surface area (Å²) in [6, 6.07) is 8.36. The molecule has 0 saturated carbocycles. The summed E-state index contributed by atoms with van der Waals surface area (Å²) in [5.74, 6) is 0. The molecular formula is C8H10CaCl2. The molecule has 0 bridgehead atoms. The largest absolute Gasteiger partial charge is 2.00 e. The van der Waals surface area contributed by atoms with Crippen molar-refractivity contribution in [3.63, 3.8) is 0 Å². The summed E-state index contributed by atoms with van der Waals surface area (Å²) in [4.78, 5) is 0.